The minimum atomic E-state index is -0.536. The molecule has 4 rings (SSSR count). The highest BCUT2D eigenvalue weighted by Gasteiger charge is 2.17. The Morgan fingerprint density at radius 2 is 2.06 bits per heavy atom. The molecular weight excluding hydrogens is 439 g/mol. The molecule has 33 heavy (non-hydrogen) atoms. The van der Waals surface area contributed by atoms with Gasteiger partial charge in [0.1, 0.15) is 17.9 Å². The van der Waals surface area contributed by atoms with Crippen molar-refractivity contribution in [1.82, 2.24) is 9.97 Å². The number of phenolic OH excluding ortho intramolecular Hbond substituents is 1. The van der Waals surface area contributed by atoms with Crippen LogP contribution in [0.4, 0.5) is 10.1 Å². The van der Waals surface area contributed by atoms with Gasteiger partial charge in [-0.15, -0.1) is 11.8 Å². The highest BCUT2D eigenvalue weighted by Crippen LogP contribution is 2.35. The van der Waals surface area contributed by atoms with Crippen molar-refractivity contribution in [1.29, 1.82) is 0 Å². The Bertz CT molecular complexity index is 1210. The lowest BCUT2D eigenvalue weighted by Crippen LogP contribution is -2.36. The van der Waals surface area contributed by atoms with Gasteiger partial charge in [-0.2, -0.15) is 0 Å². The number of hydrogen-bond acceptors (Lipinski definition) is 7. The lowest BCUT2D eigenvalue weighted by molar-refractivity contribution is 0.122. The number of benzene rings is 2. The maximum Gasteiger partial charge on any atom is 0.136 e. The largest absolute Gasteiger partial charge is 0.508 e. The summed E-state index contributed by atoms with van der Waals surface area (Å²) in [4.78, 5) is 11.9. The molecule has 1 saturated heterocycles. The van der Waals surface area contributed by atoms with Gasteiger partial charge in [-0.3, -0.25) is 0 Å². The van der Waals surface area contributed by atoms with Crippen LogP contribution in [0.3, 0.4) is 0 Å². The summed E-state index contributed by atoms with van der Waals surface area (Å²) in [7, 11) is 0. The lowest BCUT2D eigenvalue weighted by Gasteiger charge is -2.29. The number of hydrogen-bond donors (Lipinski definition) is 2. The van der Waals surface area contributed by atoms with E-state index in [2.05, 4.69) is 21.4 Å². The van der Waals surface area contributed by atoms with Gasteiger partial charge in [0.15, 0.2) is 0 Å². The second-order valence-electron chi connectivity index (χ2n) is 7.99. The van der Waals surface area contributed by atoms with Crippen LogP contribution in [0.5, 0.6) is 5.75 Å². The standard InChI is InChI=1S/C25H27FN4O2S/c1-16(13-27)14-33-17(2)9-18-10-21(22(26)12-24(18)31)25-20-4-3-19(11-23(20)28-15-29-25)30-5-7-32-8-6-30/h3-4,10-12,14-15,31H,2,5-9,13,27H2,1H3/b16-14+. The van der Waals surface area contributed by atoms with Crippen molar-refractivity contribution in [2.75, 3.05) is 37.7 Å². The number of phenols is 1. The number of morpholine rings is 1. The Labute approximate surface area is 197 Å². The normalized spacial score (nSPS) is 14.6. The average molecular weight is 467 g/mol. The first-order valence-electron chi connectivity index (χ1n) is 10.8. The van der Waals surface area contributed by atoms with Gasteiger partial charge < -0.3 is 20.5 Å². The number of nitrogens with zero attached hydrogens (tertiary/aromatic N) is 3. The summed E-state index contributed by atoms with van der Waals surface area (Å²) in [6.07, 6.45) is 1.84. The molecule has 1 aliphatic heterocycles. The van der Waals surface area contributed by atoms with E-state index in [1.807, 2.05) is 30.5 Å². The minimum absolute atomic E-state index is 0.106. The number of rotatable bonds is 7. The molecule has 172 valence electrons. The fourth-order valence-corrected chi connectivity index (χ4v) is 4.40. The molecule has 3 N–H and O–H groups in total. The Kier molecular flexibility index (Phi) is 7.27. The minimum Gasteiger partial charge on any atom is -0.508 e. The number of halogens is 1. The predicted octanol–water partition coefficient (Wildman–Crippen LogP) is 4.63. The Hall–Kier alpha value is -2.94. The Morgan fingerprint density at radius 3 is 2.82 bits per heavy atom. The van der Waals surface area contributed by atoms with Crippen molar-refractivity contribution in [2.24, 2.45) is 5.73 Å². The van der Waals surface area contributed by atoms with E-state index in [1.165, 1.54) is 18.1 Å². The zero-order chi connectivity index (χ0) is 23.4. The monoisotopic (exact) mass is 466 g/mol. The first-order chi connectivity index (χ1) is 16.0. The van der Waals surface area contributed by atoms with Crippen LogP contribution in [-0.2, 0) is 11.2 Å². The molecule has 0 radical (unpaired) electrons. The van der Waals surface area contributed by atoms with Crippen LogP contribution in [0.2, 0.25) is 0 Å². The second kappa shape index (κ2) is 10.3. The number of ether oxygens (including phenoxy) is 1. The fraction of sp³-hybridized carbons (Fsp3) is 0.280. The van der Waals surface area contributed by atoms with Crippen LogP contribution in [0.15, 0.2) is 59.1 Å². The summed E-state index contributed by atoms with van der Waals surface area (Å²) < 4.78 is 20.4. The zero-order valence-corrected chi connectivity index (χ0v) is 19.4. The van der Waals surface area contributed by atoms with E-state index >= 15 is 0 Å². The van der Waals surface area contributed by atoms with Gasteiger partial charge in [-0.1, -0.05) is 12.2 Å². The van der Waals surface area contributed by atoms with Gasteiger partial charge in [0.25, 0.3) is 0 Å². The van der Waals surface area contributed by atoms with Gasteiger partial charge in [-0.05, 0) is 47.1 Å². The van der Waals surface area contributed by atoms with Crippen molar-refractivity contribution in [3.63, 3.8) is 0 Å². The summed E-state index contributed by atoms with van der Waals surface area (Å²) in [5.74, 6) is -0.642. The van der Waals surface area contributed by atoms with Crippen molar-refractivity contribution in [3.8, 4) is 17.0 Å². The maximum absolute atomic E-state index is 15.0. The van der Waals surface area contributed by atoms with Crippen LogP contribution >= 0.6 is 11.8 Å². The topological polar surface area (TPSA) is 84.5 Å². The number of fused-ring (bicyclic) bond motifs is 1. The van der Waals surface area contributed by atoms with Crippen molar-refractivity contribution < 1.29 is 14.2 Å². The molecule has 1 aliphatic rings. The summed E-state index contributed by atoms with van der Waals surface area (Å²) in [6, 6.07) is 8.71. The van der Waals surface area contributed by atoms with Gasteiger partial charge in [-0.25, -0.2) is 14.4 Å². The van der Waals surface area contributed by atoms with Crippen molar-refractivity contribution in [2.45, 2.75) is 13.3 Å². The molecule has 1 aromatic heterocycles. The fourth-order valence-electron chi connectivity index (χ4n) is 3.70. The first-order valence-corrected chi connectivity index (χ1v) is 11.6. The molecule has 0 amide bonds. The molecule has 0 unspecified atom stereocenters. The average Bonchev–Trinajstić information content (AvgIpc) is 2.84. The van der Waals surface area contributed by atoms with E-state index in [9.17, 15) is 9.50 Å². The van der Waals surface area contributed by atoms with Crippen LogP contribution in [0.1, 0.15) is 12.5 Å². The molecule has 0 saturated carbocycles. The van der Waals surface area contributed by atoms with Crippen molar-refractivity contribution >= 4 is 28.4 Å². The van der Waals surface area contributed by atoms with Crippen LogP contribution in [0, 0.1) is 5.82 Å². The smallest absolute Gasteiger partial charge is 0.136 e. The zero-order valence-electron chi connectivity index (χ0n) is 18.6. The van der Waals surface area contributed by atoms with Crippen molar-refractivity contribution in [3.05, 3.63) is 70.5 Å². The number of allylic oxidation sites excluding steroid dienone is 1. The van der Waals surface area contributed by atoms with E-state index < -0.39 is 5.82 Å². The first kappa shape index (κ1) is 23.2. The molecule has 0 spiro atoms. The van der Waals surface area contributed by atoms with Gasteiger partial charge in [0.2, 0.25) is 0 Å². The molecule has 0 aliphatic carbocycles. The van der Waals surface area contributed by atoms with Crippen LogP contribution in [0.25, 0.3) is 22.2 Å². The van der Waals surface area contributed by atoms with E-state index in [0.717, 1.165) is 46.2 Å². The third-order valence-electron chi connectivity index (χ3n) is 5.56. The predicted molar refractivity (Wildman–Crippen MR) is 133 cm³/mol. The number of anilines is 1. The molecule has 3 aromatic rings. The van der Waals surface area contributed by atoms with Crippen LogP contribution in [-0.4, -0.2) is 47.9 Å². The number of thioether (sulfide) groups is 1. The molecule has 1 fully saturated rings. The molecular formula is C25H27FN4O2S. The number of aromatic nitrogens is 2. The summed E-state index contributed by atoms with van der Waals surface area (Å²) in [6.45, 7) is 9.50. The summed E-state index contributed by atoms with van der Waals surface area (Å²) in [5, 5.41) is 13.0. The molecule has 2 aromatic carbocycles. The van der Waals surface area contributed by atoms with E-state index in [0.29, 0.717) is 43.0 Å². The SMILES string of the molecule is C=C(Cc1cc(-c2ncnc3cc(N4CCOCC4)ccc23)c(F)cc1O)S/C=C(\C)CN. The molecule has 0 bridgehead atoms. The van der Waals surface area contributed by atoms with Gasteiger partial charge >= 0.3 is 0 Å². The van der Waals surface area contributed by atoms with Gasteiger partial charge in [0, 0.05) is 48.8 Å². The highest BCUT2D eigenvalue weighted by atomic mass is 32.2. The molecule has 6 nitrogen and oxygen atoms in total. The third-order valence-corrected chi connectivity index (χ3v) is 6.55. The number of aromatic hydroxyl groups is 1. The Balaban J connectivity index is 1.67. The summed E-state index contributed by atoms with van der Waals surface area (Å²) in [5.41, 5.74) is 9.84. The maximum atomic E-state index is 15.0. The highest BCUT2D eigenvalue weighted by molar-refractivity contribution is 8.05. The third kappa shape index (κ3) is 5.35. The molecule has 8 heteroatoms. The quantitative estimate of drug-likeness (QED) is 0.525. The molecule has 0 atom stereocenters. The molecule has 2 heterocycles. The Morgan fingerprint density at radius 1 is 1.27 bits per heavy atom. The lowest BCUT2D eigenvalue weighted by atomic mass is 10.0. The second-order valence-corrected chi connectivity index (χ2v) is 9.03. The van der Waals surface area contributed by atoms with E-state index in [1.54, 1.807) is 6.07 Å². The summed E-state index contributed by atoms with van der Waals surface area (Å²) >= 11 is 1.46. The van der Waals surface area contributed by atoms with E-state index in [-0.39, 0.29) is 5.75 Å². The van der Waals surface area contributed by atoms with E-state index in [4.69, 9.17) is 10.5 Å². The van der Waals surface area contributed by atoms with Crippen LogP contribution < -0.4 is 10.6 Å². The number of nitrogens with two attached hydrogens (primary N) is 1. The van der Waals surface area contributed by atoms with Gasteiger partial charge in [0.05, 0.1) is 24.4 Å².